The highest BCUT2D eigenvalue weighted by Gasteiger charge is 2.54. The molecule has 1 atom stereocenters. The lowest BCUT2D eigenvalue weighted by atomic mass is 10.1. The number of rotatable bonds is 5. The number of aryl methyl sites for hydroxylation is 4. The lowest BCUT2D eigenvalue weighted by Gasteiger charge is -2.41. The molecule has 0 aliphatic carbocycles. The van der Waals surface area contributed by atoms with Gasteiger partial charge in [-0.1, -0.05) is 6.58 Å². The molecule has 2 aromatic carbocycles. The fourth-order valence-corrected chi connectivity index (χ4v) is 6.18. The molecule has 0 radical (unpaired) electrons. The van der Waals surface area contributed by atoms with Crippen LogP contribution in [0.4, 0.5) is 40.6 Å². The molecule has 7 rings (SSSR count). The van der Waals surface area contributed by atoms with E-state index >= 15 is 0 Å². The molecule has 234 valence electrons. The van der Waals surface area contributed by atoms with Crippen molar-refractivity contribution in [2.45, 2.75) is 47.0 Å². The maximum absolute atomic E-state index is 4.78. The first-order valence-corrected chi connectivity index (χ1v) is 15.3. The molecule has 5 heterocycles. The van der Waals surface area contributed by atoms with Crippen LogP contribution in [-0.2, 0) is 0 Å². The molecule has 0 N–H and O–H groups in total. The number of guanidine groups is 1. The van der Waals surface area contributed by atoms with Crippen LogP contribution in [0.15, 0.2) is 102 Å². The van der Waals surface area contributed by atoms with Crippen LogP contribution in [0.25, 0.3) is 0 Å². The van der Waals surface area contributed by atoms with Crippen molar-refractivity contribution in [1.82, 2.24) is 29.9 Å². The van der Waals surface area contributed by atoms with E-state index in [0.717, 1.165) is 45.0 Å². The Hall–Kier alpha value is -6.04. The summed E-state index contributed by atoms with van der Waals surface area (Å²) in [7, 11) is 0. The zero-order chi connectivity index (χ0) is 32.7. The van der Waals surface area contributed by atoms with Gasteiger partial charge in [-0.2, -0.15) is 0 Å². The molecule has 0 bridgehead atoms. The van der Waals surface area contributed by atoms with E-state index in [2.05, 4.69) is 78.1 Å². The Morgan fingerprint density at radius 1 is 0.596 bits per heavy atom. The number of hydrogen-bond acceptors (Lipinski definition) is 10. The van der Waals surface area contributed by atoms with Gasteiger partial charge in [0.25, 0.3) is 0 Å². The van der Waals surface area contributed by atoms with Crippen molar-refractivity contribution in [2.24, 2.45) is 9.98 Å². The number of fused-ring (bicyclic) bond motifs is 2. The van der Waals surface area contributed by atoms with E-state index in [4.69, 9.17) is 39.9 Å². The predicted molar refractivity (Wildman–Crippen MR) is 186 cm³/mol. The number of anilines is 7. The molecule has 3 aromatic heterocycles. The van der Waals surface area contributed by atoms with Crippen LogP contribution in [0.3, 0.4) is 0 Å². The van der Waals surface area contributed by atoms with Gasteiger partial charge >= 0.3 is 0 Å². The maximum Gasteiger partial charge on any atom is 0.231 e. The van der Waals surface area contributed by atoms with Gasteiger partial charge in [-0.05, 0) is 99.3 Å². The molecule has 0 spiro atoms. The first-order valence-electron chi connectivity index (χ1n) is 15.3. The number of nitrogens with zero attached hydrogens (tertiary/aromatic N) is 12. The molecule has 2 aliphatic rings. The minimum absolute atomic E-state index is 0.446. The third kappa shape index (κ3) is 4.94. The number of benzene rings is 2. The monoisotopic (exact) mass is 622 g/mol. The molecule has 5 aromatic rings. The Morgan fingerprint density at radius 2 is 0.957 bits per heavy atom. The van der Waals surface area contributed by atoms with Crippen LogP contribution >= 0.6 is 0 Å². The topological polar surface area (TPSA) is 115 Å². The highest BCUT2D eigenvalue weighted by Crippen LogP contribution is 2.53. The number of aliphatic imine (C=N–C) groups is 2. The fraction of sp³-hybridized carbons (Fsp3) is 0.200. The van der Waals surface area contributed by atoms with Gasteiger partial charge in [0, 0.05) is 49.6 Å². The summed E-state index contributed by atoms with van der Waals surface area (Å²) in [6.45, 7) is 14.2. The zero-order valence-corrected chi connectivity index (χ0v) is 26.9. The van der Waals surface area contributed by atoms with E-state index in [1.54, 1.807) is 43.4 Å². The third-order valence-corrected chi connectivity index (χ3v) is 8.51. The van der Waals surface area contributed by atoms with Crippen molar-refractivity contribution < 1.29 is 0 Å². The quantitative estimate of drug-likeness (QED) is 0.159. The molecule has 1 unspecified atom stereocenters. The second-order valence-corrected chi connectivity index (χ2v) is 11.3. The summed E-state index contributed by atoms with van der Waals surface area (Å²) in [5, 5.41) is 0. The van der Waals surface area contributed by atoms with Crippen molar-refractivity contribution in [2.75, 3.05) is 19.6 Å². The highest BCUT2D eigenvalue weighted by atomic mass is 15.6. The molecule has 12 nitrogen and oxygen atoms in total. The molecular formula is C35H34N12. The second kappa shape index (κ2) is 12.0. The normalized spacial score (nSPS) is 16.3. The molecule has 12 heteroatoms. The van der Waals surface area contributed by atoms with Crippen LogP contribution in [0.5, 0.6) is 0 Å². The Bertz CT molecular complexity index is 1920. The van der Waals surface area contributed by atoms with Crippen molar-refractivity contribution >= 4 is 52.8 Å². The van der Waals surface area contributed by atoms with Gasteiger partial charge < -0.3 is 0 Å². The second-order valence-electron chi connectivity index (χ2n) is 11.3. The summed E-state index contributed by atoms with van der Waals surface area (Å²) < 4.78 is 0. The lowest BCUT2D eigenvalue weighted by Crippen LogP contribution is -2.61. The maximum atomic E-state index is 4.78. The van der Waals surface area contributed by atoms with Gasteiger partial charge in [-0.25, -0.2) is 39.9 Å². The number of hydrogen-bond donors (Lipinski definition) is 0. The summed E-state index contributed by atoms with van der Waals surface area (Å²) in [4.78, 5) is 46.7. The average Bonchev–Trinajstić information content (AvgIpc) is 3.58. The Morgan fingerprint density at radius 3 is 1.34 bits per heavy atom. The predicted octanol–water partition coefficient (Wildman–Crippen LogP) is 6.48. The zero-order valence-electron chi connectivity index (χ0n) is 26.9. The van der Waals surface area contributed by atoms with E-state index < -0.39 is 12.3 Å². The van der Waals surface area contributed by atoms with Crippen molar-refractivity contribution in [1.29, 1.82) is 0 Å². The molecule has 2 aliphatic heterocycles. The molecule has 0 saturated heterocycles. The van der Waals surface area contributed by atoms with Gasteiger partial charge in [0.2, 0.25) is 23.8 Å². The van der Waals surface area contributed by atoms with Gasteiger partial charge in [-0.15, -0.1) is 0 Å². The average molecular weight is 623 g/mol. The summed E-state index contributed by atoms with van der Waals surface area (Å²) in [6.07, 6.45) is 12.5. The van der Waals surface area contributed by atoms with Crippen LogP contribution in [0.2, 0.25) is 0 Å². The standard InChI is InChI=1S/C35H34N12/c1-7-36-32(37-8-2)44-26-18-22(3)23(4)19-27(26)45(33-38-12-9-13-39-33)30(44)31-46(34-40-14-10-15-41-34)28-20-24(5)25(6)21-29(28)47(31)35-42-16-11-17-43-35/h7-21,30-31H,1H2,2-6H3/b36-32+,37-8-. The van der Waals surface area contributed by atoms with Gasteiger partial charge in [-0.3, -0.25) is 19.6 Å². The van der Waals surface area contributed by atoms with Crippen LogP contribution < -0.4 is 19.6 Å². The van der Waals surface area contributed by atoms with E-state index in [1.165, 1.54) is 6.20 Å². The Labute approximate surface area is 273 Å². The molecule has 0 fully saturated rings. The van der Waals surface area contributed by atoms with Gasteiger partial charge in [0.15, 0.2) is 12.3 Å². The molecule has 0 amide bonds. The first kappa shape index (κ1) is 29.7. The highest BCUT2D eigenvalue weighted by molar-refractivity contribution is 6.07. The van der Waals surface area contributed by atoms with E-state index in [-0.39, 0.29) is 0 Å². The molecular weight excluding hydrogens is 588 g/mol. The van der Waals surface area contributed by atoms with Crippen LogP contribution in [0.1, 0.15) is 29.2 Å². The summed E-state index contributed by atoms with van der Waals surface area (Å²) in [6, 6.07) is 14.1. The van der Waals surface area contributed by atoms with Crippen LogP contribution in [-0.4, -0.2) is 54.4 Å². The smallest absolute Gasteiger partial charge is 0.231 e. The number of aromatic nitrogens is 6. The van der Waals surface area contributed by atoms with E-state index in [0.29, 0.717) is 23.8 Å². The summed E-state index contributed by atoms with van der Waals surface area (Å²) in [5.41, 5.74) is 8.12. The van der Waals surface area contributed by atoms with Crippen molar-refractivity contribution in [3.8, 4) is 0 Å². The first-order chi connectivity index (χ1) is 22.9. The van der Waals surface area contributed by atoms with Gasteiger partial charge in [0.05, 0.1) is 22.7 Å². The Balaban J connectivity index is 1.60. The molecule has 0 saturated carbocycles. The van der Waals surface area contributed by atoms with Gasteiger partial charge in [0.1, 0.15) is 0 Å². The largest absolute Gasteiger partial charge is 0.283 e. The summed E-state index contributed by atoms with van der Waals surface area (Å²) in [5.74, 6) is 1.98. The van der Waals surface area contributed by atoms with Crippen molar-refractivity contribution in [3.05, 3.63) is 115 Å². The summed E-state index contributed by atoms with van der Waals surface area (Å²) >= 11 is 0. The van der Waals surface area contributed by atoms with E-state index in [9.17, 15) is 0 Å². The SMILES string of the molecule is C=C/N=C(\N=C/C)N1c2cc(C)c(C)cc2N(c2ncccn2)C1C1N(c2ncccn2)c2cc(C)c(C)cc2N1c1ncccn1. The van der Waals surface area contributed by atoms with Crippen LogP contribution in [0, 0.1) is 27.7 Å². The van der Waals surface area contributed by atoms with Crippen molar-refractivity contribution in [3.63, 3.8) is 0 Å². The Kier molecular flexibility index (Phi) is 7.60. The van der Waals surface area contributed by atoms with E-state index in [1.807, 2.05) is 25.1 Å². The minimum Gasteiger partial charge on any atom is -0.283 e. The third-order valence-electron chi connectivity index (χ3n) is 8.51. The molecule has 47 heavy (non-hydrogen) atoms. The fourth-order valence-electron chi connectivity index (χ4n) is 6.18. The minimum atomic E-state index is -0.600. The lowest BCUT2D eigenvalue weighted by molar-refractivity contribution is 0.538.